The topological polar surface area (TPSA) is 56.1 Å². The fourth-order valence-electron chi connectivity index (χ4n) is 3.33. The molecule has 5 heteroatoms. The molecule has 19 heavy (non-hydrogen) atoms. The third-order valence-electron chi connectivity index (χ3n) is 4.40. The lowest BCUT2D eigenvalue weighted by molar-refractivity contribution is -0.118. The third-order valence-corrected chi connectivity index (χ3v) is 4.40. The van der Waals surface area contributed by atoms with Crippen LogP contribution >= 0.6 is 0 Å². The first-order valence-corrected chi connectivity index (χ1v) is 7.22. The number of carbonyl (C=O) groups excluding carboxylic acids is 1. The molecule has 1 saturated carbocycles. The van der Waals surface area contributed by atoms with Gasteiger partial charge >= 0.3 is 0 Å². The summed E-state index contributed by atoms with van der Waals surface area (Å²) in [6.45, 7) is 1.36. The molecule has 4 nitrogen and oxygen atoms in total. The van der Waals surface area contributed by atoms with Crippen molar-refractivity contribution in [2.45, 2.75) is 56.8 Å². The van der Waals surface area contributed by atoms with E-state index in [0.717, 1.165) is 12.0 Å². The van der Waals surface area contributed by atoms with E-state index in [1.54, 1.807) is 0 Å². The van der Waals surface area contributed by atoms with Gasteiger partial charge < -0.3 is 10.2 Å². The van der Waals surface area contributed by atoms with Crippen LogP contribution in [0.25, 0.3) is 0 Å². The van der Waals surface area contributed by atoms with Gasteiger partial charge in [-0.05, 0) is 31.7 Å². The molecule has 4 atom stereocenters. The van der Waals surface area contributed by atoms with Crippen LogP contribution in [0, 0.1) is 17.2 Å². The van der Waals surface area contributed by atoms with Crippen molar-refractivity contribution in [3.05, 3.63) is 0 Å². The number of fused-ring (bicyclic) bond motifs is 1. The molecular formula is C14H22FN3O. The maximum absolute atomic E-state index is 12.4. The molecule has 2 aliphatic heterocycles. The van der Waals surface area contributed by atoms with E-state index in [0.29, 0.717) is 6.41 Å². The van der Waals surface area contributed by atoms with Gasteiger partial charge in [-0.1, -0.05) is 12.8 Å². The summed E-state index contributed by atoms with van der Waals surface area (Å²) in [5.74, 6) is 1.05. The van der Waals surface area contributed by atoms with Gasteiger partial charge in [0.15, 0.2) is 0 Å². The van der Waals surface area contributed by atoms with Crippen molar-refractivity contribution in [1.82, 2.24) is 10.2 Å². The number of likely N-dealkylation sites (tertiary alicyclic amines) is 1. The largest absolute Gasteiger partial charge is 0.326 e. The van der Waals surface area contributed by atoms with Crippen molar-refractivity contribution in [3.8, 4) is 6.07 Å². The Balaban J connectivity index is 0.000000141. The predicted octanol–water partition coefficient (Wildman–Crippen LogP) is 1.62. The molecule has 4 unspecified atom stereocenters. The molecule has 0 bridgehead atoms. The molecule has 0 aromatic heterocycles. The quantitative estimate of drug-likeness (QED) is 0.734. The highest BCUT2D eigenvalue weighted by molar-refractivity contribution is 5.49. The van der Waals surface area contributed by atoms with Crippen molar-refractivity contribution in [1.29, 1.82) is 5.26 Å². The predicted molar refractivity (Wildman–Crippen MR) is 70.0 cm³/mol. The molecule has 2 heterocycles. The SMILES string of the molecule is C1CCC2NCCC2C1.N#CC1CC(F)CN1C=O. The zero-order valence-corrected chi connectivity index (χ0v) is 11.2. The molecule has 0 aromatic rings. The summed E-state index contributed by atoms with van der Waals surface area (Å²) < 4.78 is 12.4. The second-order valence-corrected chi connectivity index (χ2v) is 5.67. The van der Waals surface area contributed by atoms with E-state index in [9.17, 15) is 9.18 Å². The Morgan fingerprint density at radius 3 is 2.74 bits per heavy atom. The number of nitriles is 1. The summed E-state index contributed by atoms with van der Waals surface area (Å²) in [4.78, 5) is 11.3. The van der Waals surface area contributed by atoms with E-state index in [4.69, 9.17) is 5.26 Å². The van der Waals surface area contributed by atoms with E-state index >= 15 is 0 Å². The minimum atomic E-state index is -1.02. The number of nitrogens with zero attached hydrogens (tertiary/aromatic N) is 2. The first kappa shape index (κ1) is 14.3. The zero-order chi connectivity index (χ0) is 13.7. The number of hydrogen-bond acceptors (Lipinski definition) is 3. The van der Waals surface area contributed by atoms with Gasteiger partial charge in [0.1, 0.15) is 12.2 Å². The average molecular weight is 267 g/mol. The van der Waals surface area contributed by atoms with Gasteiger partial charge in [0.25, 0.3) is 0 Å². The molecular weight excluding hydrogens is 245 g/mol. The monoisotopic (exact) mass is 267 g/mol. The smallest absolute Gasteiger partial charge is 0.210 e. The third kappa shape index (κ3) is 3.66. The Kier molecular flexibility index (Phi) is 5.15. The van der Waals surface area contributed by atoms with Crippen LogP contribution in [-0.4, -0.2) is 42.7 Å². The van der Waals surface area contributed by atoms with Crippen LogP contribution in [-0.2, 0) is 4.79 Å². The fraction of sp³-hybridized carbons (Fsp3) is 0.857. The van der Waals surface area contributed by atoms with E-state index in [1.807, 2.05) is 6.07 Å². The molecule has 1 N–H and O–H groups in total. The number of carbonyl (C=O) groups is 1. The molecule has 1 amide bonds. The number of alkyl halides is 1. The summed E-state index contributed by atoms with van der Waals surface area (Å²) in [6, 6.07) is 2.22. The Morgan fingerprint density at radius 1 is 1.32 bits per heavy atom. The number of amides is 1. The lowest BCUT2D eigenvalue weighted by Gasteiger charge is -2.24. The molecule has 3 fully saturated rings. The van der Waals surface area contributed by atoms with Gasteiger partial charge in [0, 0.05) is 12.5 Å². The average Bonchev–Trinajstić information content (AvgIpc) is 3.04. The van der Waals surface area contributed by atoms with Crippen molar-refractivity contribution in [2.24, 2.45) is 5.92 Å². The molecule has 1 aliphatic carbocycles. The van der Waals surface area contributed by atoms with Crippen LogP contribution in [0.2, 0.25) is 0 Å². The molecule has 106 valence electrons. The number of hydrogen-bond donors (Lipinski definition) is 1. The maximum atomic E-state index is 12.4. The molecule has 3 rings (SSSR count). The van der Waals surface area contributed by atoms with Gasteiger partial charge in [-0.15, -0.1) is 0 Å². The Hall–Kier alpha value is -1.15. The van der Waals surface area contributed by atoms with Crippen LogP contribution in [0.15, 0.2) is 0 Å². The van der Waals surface area contributed by atoms with Crippen LogP contribution in [0.5, 0.6) is 0 Å². The van der Waals surface area contributed by atoms with Crippen LogP contribution in [0.4, 0.5) is 4.39 Å². The normalized spacial score (nSPS) is 36.9. The Morgan fingerprint density at radius 2 is 2.11 bits per heavy atom. The molecule has 0 aromatic carbocycles. The zero-order valence-electron chi connectivity index (χ0n) is 11.2. The van der Waals surface area contributed by atoms with Crippen LogP contribution in [0.3, 0.4) is 0 Å². The van der Waals surface area contributed by atoms with E-state index < -0.39 is 12.2 Å². The fourth-order valence-corrected chi connectivity index (χ4v) is 3.33. The summed E-state index contributed by atoms with van der Waals surface area (Å²) in [5, 5.41) is 11.9. The van der Waals surface area contributed by atoms with E-state index in [2.05, 4.69) is 5.32 Å². The lowest BCUT2D eigenvalue weighted by Crippen LogP contribution is -2.29. The summed E-state index contributed by atoms with van der Waals surface area (Å²) >= 11 is 0. The number of halogens is 1. The molecule has 0 spiro atoms. The second-order valence-electron chi connectivity index (χ2n) is 5.67. The number of nitrogens with one attached hydrogen (secondary N) is 1. The van der Waals surface area contributed by atoms with Crippen molar-refractivity contribution in [3.63, 3.8) is 0 Å². The van der Waals surface area contributed by atoms with E-state index in [-0.39, 0.29) is 13.0 Å². The van der Waals surface area contributed by atoms with E-state index in [1.165, 1.54) is 43.5 Å². The molecule has 3 aliphatic rings. The van der Waals surface area contributed by atoms with Gasteiger partial charge in [-0.3, -0.25) is 4.79 Å². The lowest BCUT2D eigenvalue weighted by atomic mass is 9.86. The summed E-state index contributed by atoms with van der Waals surface area (Å²) in [6.07, 6.45) is 7.02. The van der Waals surface area contributed by atoms with Crippen LogP contribution in [0.1, 0.15) is 38.5 Å². The molecule has 2 saturated heterocycles. The minimum absolute atomic E-state index is 0.0712. The van der Waals surface area contributed by atoms with Gasteiger partial charge in [-0.2, -0.15) is 5.26 Å². The highest BCUT2D eigenvalue weighted by atomic mass is 19.1. The highest BCUT2D eigenvalue weighted by Crippen LogP contribution is 2.29. The molecule has 0 radical (unpaired) electrons. The second kappa shape index (κ2) is 6.85. The highest BCUT2D eigenvalue weighted by Gasteiger charge is 2.30. The van der Waals surface area contributed by atoms with Gasteiger partial charge in [-0.25, -0.2) is 4.39 Å². The summed E-state index contributed by atoms with van der Waals surface area (Å²) in [5.41, 5.74) is 0. The van der Waals surface area contributed by atoms with Crippen molar-refractivity contribution < 1.29 is 9.18 Å². The number of rotatable bonds is 1. The van der Waals surface area contributed by atoms with Crippen LogP contribution < -0.4 is 5.32 Å². The van der Waals surface area contributed by atoms with Gasteiger partial charge in [0.2, 0.25) is 6.41 Å². The minimum Gasteiger partial charge on any atom is -0.326 e. The summed E-state index contributed by atoms with van der Waals surface area (Å²) in [7, 11) is 0. The van der Waals surface area contributed by atoms with Crippen molar-refractivity contribution >= 4 is 6.41 Å². The maximum Gasteiger partial charge on any atom is 0.210 e. The Labute approximate surface area is 114 Å². The standard InChI is InChI=1S/C8H15N.C6H7FN2O/c1-2-4-8-7(3-1)5-6-9-8;7-5-1-6(2-8)9(3-5)4-10/h7-9H,1-6H2;4-6H,1,3H2. The van der Waals surface area contributed by atoms with Gasteiger partial charge in [0.05, 0.1) is 12.6 Å². The van der Waals surface area contributed by atoms with Crippen molar-refractivity contribution in [2.75, 3.05) is 13.1 Å². The first-order valence-electron chi connectivity index (χ1n) is 7.22. The first-order chi connectivity index (χ1) is 9.24. The Bertz CT molecular complexity index is 332.